The van der Waals surface area contributed by atoms with Gasteiger partial charge in [-0.3, -0.25) is 4.79 Å². The van der Waals surface area contributed by atoms with Gasteiger partial charge in [-0.05, 0) is 36.8 Å². The number of carbonyl (C=O) groups is 2. The molecule has 0 fully saturated rings. The number of amides is 1. The van der Waals surface area contributed by atoms with Crippen LogP contribution in [0.1, 0.15) is 21.5 Å². The number of carboxylic acid groups (broad SMARTS) is 1. The zero-order chi connectivity index (χ0) is 15.4. The van der Waals surface area contributed by atoms with Crippen molar-refractivity contribution in [1.29, 1.82) is 0 Å². The fourth-order valence-corrected chi connectivity index (χ4v) is 1.97. The van der Waals surface area contributed by atoms with Crippen molar-refractivity contribution in [1.82, 2.24) is 0 Å². The van der Waals surface area contributed by atoms with E-state index in [0.717, 1.165) is 11.1 Å². The average Bonchev–Trinajstić information content (AvgIpc) is 2.49. The Morgan fingerprint density at radius 1 is 1.00 bits per heavy atom. The number of hydrogen-bond donors (Lipinski definition) is 1. The number of aromatic carboxylic acids is 1. The topological polar surface area (TPSA) is 57.6 Å². The van der Waals surface area contributed by atoms with E-state index in [4.69, 9.17) is 5.11 Å². The van der Waals surface area contributed by atoms with Gasteiger partial charge in [0, 0.05) is 12.7 Å². The molecule has 0 unspecified atom stereocenters. The van der Waals surface area contributed by atoms with Crippen LogP contribution in [0.15, 0.2) is 48.5 Å². The first-order chi connectivity index (χ1) is 9.97. The zero-order valence-electron chi connectivity index (χ0n) is 12.0. The number of hydrogen-bond acceptors (Lipinski definition) is 2. The average molecular weight is 283 g/mol. The Hall–Kier alpha value is -2.62. The van der Waals surface area contributed by atoms with Gasteiger partial charge in [-0.25, -0.2) is 4.79 Å². The van der Waals surface area contributed by atoms with Gasteiger partial charge >= 0.3 is 5.97 Å². The van der Waals surface area contributed by atoms with Crippen molar-refractivity contribution in [2.24, 2.45) is 0 Å². The number of rotatable bonds is 4. The number of benzene rings is 2. The van der Waals surface area contributed by atoms with Crippen LogP contribution in [0.25, 0.3) is 0 Å². The second-order valence-electron chi connectivity index (χ2n) is 4.97. The highest BCUT2D eigenvalue weighted by atomic mass is 16.4. The van der Waals surface area contributed by atoms with E-state index in [2.05, 4.69) is 0 Å². The summed E-state index contributed by atoms with van der Waals surface area (Å²) in [5.41, 5.74) is 3.00. The van der Waals surface area contributed by atoms with Crippen molar-refractivity contribution in [3.8, 4) is 0 Å². The molecule has 0 aliphatic carbocycles. The van der Waals surface area contributed by atoms with Crippen LogP contribution in [-0.4, -0.2) is 24.0 Å². The van der Waals surface area contributed by atoms with Crippen LogP contribution in [0, 0.1) is 6.92 Å². The molecule has 4 nitrogen and oxygen atoms in total. The molecular weight excluding hydrogens is 266 g/mol. The van der Waals surface area contributed by atoms with Crippen molar-refractivity contribution in [2.45, 2.75) is 13.3 Å². The molecule has 4 heteroatoms. The summed E-state index contributed by atoms with van der Waals surface area (Å²) in [6, 6.07) is 14.1. The Kier molecular flexibility index (Phi) is 4.38. The molecule has 0 atom stereocenters. The molecule has 0 spiro atoms. The van der Waals surface area contributed by atoms with Crippen molar-refractivity contribution in [3.05, 3.63) is 65.2 Å². The minimum Gasteiger partial charge on any atom is -0.478 e. The van der Waals surface area contributed by atoms with Gasteiger partial charge in [-0.1, -0.05) is 29.8 Å². The Labute approximate surface area is 123 Å². The third-order valence-electron chi connectivity index (χ3n) is 3.35. The molecule has 1 N–H and O–H groups in total. The molecule has 0 bridgehead atoms. The maximum atomic E-state index is 12.2. The van der Waals surface area contributed by atoms with Crippen LogP contribution < -0.4 is 4.90 Å². The Morgan fingerprint density at radius 3 is 2.10 bits per heavy atom. The molecule has 0 radical (unpaired) electrons. The first-order valence-corrected chi connectivity index (χ1v) is 6.63. The van der Waals surface area contributed by atoms with Crippen LogP contribution in [0.3, 0.4) is 0 Å². The fourth-order valence-electron chi connectivity index (χ4n) is 1.97. The minimum atomic E-state index is -0.977. The third-order valence-corrected chi connectivity index (χ3v) is 3.35. The molecular formula is C17H17NO3. The number of anilines is 1. The second kappa shape index (κ2) is 6.22. The normalized spacial score (nSPS) is 10.2. The first-order valence-electron chi connectivity index (χ1n) is 6.63. The van der Waals surface area contributed by atoms with Gasteiger partial charge in [0.25, 0.3) is 0 Å². The molecule has 0 aliphatic heterocycles. The Bertz CT molecular complexity index is 645. The summed E-state index contributed by atoms with van der Waals surface area (Å²) in [5.74, 6) is -1.02. The summed E-state index contributed by atoms with van der Waals surface area (Å²) in [6.45, 7) is 2.00. The predicted octanol–water partition coefficient (Wildman–Crippen LogP) is 2.90. The second-order valence-corrected chi connectivity index (χ2v) is 4.97. The van der Waals surface area contributed by atoms with E-state index in [1.165, 1.54) is 17.0 Å². The third kappa shape index (κ3) is 3.69. The number of nitrogens with zero attached hydrogens (tertiary/aromatic N) is 1. The molecule has 0 aromatic heterocycles. The summed E-state index contributed by atoms with van der Waals surface area (Å²) < 4.78 is 0. The SMILES string of the molecule is Cc1ccc(CC(=O)N(C)c2ccc(C(=O)O)cc2)cc1. The van der Waals surface area contributed by atoms with Crippen molar-refractivity contribution >= 4 is 17.6 Å². The summed E-state index contributed by atoms with van der Waals surface area (Å²) in [5, 5.41) is 8.86. The van der Waals surface area contributed by atoms with Gasteiger partial charge in [0.15, 0.2) is 0 Å². The van der Waals surface area contributed by atoms with Crippen molar-refractivity contribution < 1.29 is 14.7 Å². The summed E-state index contributed by atoms with van der Waals surface area (Å²) in [6.07, 6.45) is 0.317. The van der Waals surface area contributed by atoms with Crippen LogP contribution in [-0.2, 0) is 11.2 Å². The van der Waals surface area contributed by atoms with Crippen molar-refractivity contribution in [3.63, 3.8) is 0 Å². The number of carbonyl (C=O) groups excluding carboxylic acids is 1. The van der Waals surface area contributed by atoms with E-state index in [0.29, 0.717) is 12.1 Å². The lowest BCUT2D eigenvalue weighted by molar-refractivity contribution is -0.117. The molecule has 0 saturated heterocycles. The highest BCUT2D eigenvalue weighted by molar-refractivity contribution is 5.95. The van der Waals surface area contributed by atoms with Crippen LogP contribution in [0.5, 0.6) is 0 Å². The molecule has 1 amide bonds. The van der Waals surface area contributed by atoms with Crippen LogP contribution in [0.2, 0.25) is 0 Å². The quantitative estimate of drug-likeness (QED) is 0.938. The van der Waals surface area contributed by atoms with Gasteiger partial charge in [-0.2, -0.15) is 0 Å². The molecule has 2 rings (SSSR count). The van der Waals surface area contributed by atoms with E-state index < -0.39 is 5.97 Å². The highest BCUT2D eigenvalue weighted by Gasteiger charge is 2.12. The van der Waals surface area contributed by atoms with Crippen molar-refractivity contribution in [2.75, 3.05) is 11.9 Å². The van der Waals surface area contributed by atoms with Gasteiger partial charge in [0.1, 0.15) is 0 Å². The minimum absolute atomic E-state index is 0.0399. The molecule has 2 aromatic rings. The molecule has 108 valence electrons. The van der Waals surface area contributed by atoms with E-state index >= 15 is 0 Å². The molecule has 2 aromatic carbocycles. The molecule has 0 aliphatic rings. The van der Waals surface area contributed by atoms with Gasteiger partial charge in [0.2, 0.25) is 5.91 Å². The van der Waals surface area contributed by atoms with Gasteiger partial charge in [0.05, 0.1) is 12.0 Å². The Morgan fingerprint density at radius 2 is 1.57 bits per heavy atom. The zero-order valence-corrected chi connectivity index (χ0v) is 12.0. The number of likely N-dealkylation sites (N-methyl/N-ethyl adjacent to an activating group) is 1. The molecule has 0 heterocycles. The standard InChI is InChI=1S/C17H17NO3/c1-12-3-5-13(6-4-12)11-16(19)18(2)15-9-7-14(8-10-15)17(20)21/h3-10H,11H2,1-2H3,(H,20,21). The lowest BCUT2D eigenvalue weighted by atomic mass is 10.1. The lowest BCUT2D eigenvalue weighted by Gasteiger charge is -2.17. The number of carboxylic acids is 1. The van der Waals surface area contributed by atoms with E-state index in [9.17, 15) is 9.59 Å². The van der Waals surface area contributed by atoms with Crippen LogP contribution in [0.4, 0.5) is 5.69 Å². The molecule has 0 saturated carbocycles. The number of aryl methyl sites for hydroxylation is 1. The summed E-state index contributed by atoms with van der Waals surface area (Å²) in [7, 11) is 1.69. The van der Waals surface area contributed by atoms with E-state index in [1.54, 1.807) is 19.2 Å². The summed E-state index contributed by atoms with van der Waals surface area (Å²) in [4.78, 5) is 24.6. The van der Waals surface area contributed by atoms with Crippen LogP contribution >= 0.6 is 0 Å². The smallest absolute Gasteiger partial charge is 0.335 e. The lowest BCUT2D eigenvalue weighted by Crippen LogP contribution is -2.27. The highest BCUT2D eigenvalue weighted by Crippen LogP contribution is 2.15. The largest absolute Gasteiger partial charge is 0.478 e. The monoisotopic (exact) mass is 283 g/mol. The van der Waals surface area contributed by atoms with E-state index in [-0.39, 0.29) is 11.5 Å². The van der Waals surface area contributed by atoms with Gasteiger partial charge in [-0.15, -0.1) is 0 Å². The predicted molar refractivity (Wildman–Crippen MR) is 81.7 cm³/mol. The fraction of sp³-hybridized carbons (Fsp3) is 0.176. The maximum absolute atomic E-state index is 12.2. The molecule has 21 heavy (non-hydrogen) atoms. The van der Waals surface area contributed by atoms with Gasteiger partial charge < -0.3 is 10.0 Å². The maximum Gasteiger partial charge on any atom is 0.335 e. The summed E-state index contributed by atoms with van der Waals surface area (Å²) >= 11 is 0. The first kappa shape index (κ1) is 14.8. The van der Waals surface area contributed by atoms with E-state index in [1.807, 2.05) is 31.2 Å². The Balaban J connectivity index is 2.08.